The van der Waals surface area contributed by atoms with Crippen molar-refractivity contribution in [3.05, 3.63) is 72.3 Å². The van der Waals surface area contributed by atoms with Gasteiger partial charge in [-0.25, -0.2) is 0 Å². The zero-order chi connectivity index (χ0) is 12.6. The van der Waals surface area contributed by atoms with Crippen LogP contribution in [0.4, 0.5) is 0 Å². The molecule has 1 heteroatoms. The molecular formula is C17H18O. The van der Waals surface area contributed by atoms with Crippen molar-refractivity contribution in [3.63, 3.8) is 0 Å². The Morgan fingerprint density at radius 1 is 0.889 bits per heavy atom. The molecule has 0 bridgehead atoms. The summed E-state index contributed by atoms with van der Waals surface area (Å²) in [4.78, 5) is 0. The van der Waals surface area contributed by atoms with Gasteiger partial charge in [-0.1, -0.05) is 42.5 Å². The van der Waals surface area contributed by atoms with E-state index in [1.165, 1.54) is 5.56 Å². The lowest BCUT2D eigenvalue weighted by Gasteiger charge is -2.06. The number of rotatable bonds is 5. The monoisotopic (exact) mass is 238 g/mol. The van der Waals surface area contributed by atoms with E-state index in [2.05, 4.69) is 31.2 Å². The fourth-order valence-corrected chi connectivity index (χ4v) is 1.77. The minimum absolute atomic E-state index is 0.874. The molecule has 2 aromatic rings. The third-order valence-electron chi connectivity index (χ3n) is 2.74. The highest BCUT2D eigenvalue weighted by atomic mass is 16.5. The molecule has 0 aromatic heterocycles. The maximum atomic E-state index is 5.74. The van der Waals surface area contributed by atoms with Crippen LogP contribution in [0.15, 0.2) is 66.7 Å². The molecule has 2 aromatic carbocycles. The third-order valence-corrected chi connectivity index (χ3v) is 2.74. The first kappa shape index (κ1) is 12.4. The molecule has 0 aliphatic carbocycles. The van der Waals surface area contributed by atoms with Gasteiger partial charge in [0.25, 0.3) is 0 Å². The van der Waals surface area contributed by atoms with E-state index in [9.17, 15) is 0 Å². The van der Waals surface area contributed by atoms with Gasteiger partial charge in [-0.3, -0.25) is 0 Å². The van der Waals surface area contributed by atoms with Gasteiger partial charge in [0.2, 0.25) is 0 Å². The second-order valence-corrected chi connectivity index (χ2v) is 4.17. The minimum atomic E-state index is 0.874. The Morgan fingerprint density at radius 2 is 1.56 bits per heavy atom. The van der Waals surface area contributed by atoms with E-state index in [4.69, 9.17) is 4.74 Å². The van der Waals surface area contributed by atoms with E-state index in [0.29, 0.717) is 0 Å². The summed E-state index contributed by atoms with van der Waals surface area (Å²) in [7, 11) is 0. The summed E-state index contributed by atoms with van der Waals surface area (Å²) >= 11 is 0. The standard InChI is InChI=1S/C17H18O/c1-2-3-5-8-15-11-13-17(14-12-15)18-16-9-6-4-7-10-16/h2-4,6-7,9-14H,5,8H2,1H3/b3-2-. The molecule has 0 atom stereocenters. The largest absolute Gasteiger partial charge is 0.457 e. The van der Waals surface area contributed by atoms with E-state index in [1.54, 1.807) is 0 Å². The van der Waals surface area contributed by atoms with Crippen LogP contribution < -0.4 is 4.74 Å². The van der Waals surface area contributed by atoms with Crippen molar-refractivity contribution < 1.29 is 4.74 Å². The van der Waals surface area contributed by atoms with Gasteiger partial charge >= 0.3 is 0 Å². The highest BCUT2D eigenvalue weighted by Crippen LogP contribution is 2.21. The Kier molecular flexibility index (Phi) is 4.60. The van der Waals surface area contributed by atoms with Crippen LogP contribution in [0, 0.1) is 0 Å². The number of benzene rings is 2. The van der Waals surface area contributed by atoms with Gasteiger partial charge in [-0.15, -0.1) is 0 Å². The lowest BCUT2D eigenvalue weighted by molar-refractivity contribution is 0.482. The molecule has 1 nitrogen and oxygen atoms in total. The zero-order valence-electron chi connectivity index (χ0n) is 10.7. The lowest BCUT2D eigenvalue weighted by atomic mass is 10.1. The smallest absolute Gasteiger partial charge is 0.127 e. The van der Waals surface area contributed by atoms with Gasteiger partial charge in [0.15, 0.2) is 0 Å². The van der Waals surface area contributed by atoms with Crippen LogP contribution in [-0.4, -0.2) is 0 Å². The van der Waals surface area contributed by atoms with Gasteiger partial charge in [-0.05, 0) is 49.6 Å². The molecule has 0 aliphatic rings. The number of hydrogen-bond donors (Lipinski definition) is 0. The molecule has 0 saturated carbocycles. The summed E-state index contributed by atoms with van der Waals surface area (Å²) in [5.74, 6) is 1.76. The first-order valence-corrected chi connectivity index (χ1v) is 6.31. The van der Waals surface area contributed by atoms with Crippen molar-refractivity contribution >= 4 is 0 Å². The van der Waals surface area contributed by atoms with Gasteiger partial charge in [-0.2, -0.15) is 0 Å². The number of ether oxygens (including phenoxy) is 1. The van der Waals surface area contributed by atoms with Crippen molar-refractivity contribution in [2.24, 2.45) is 0 Å². The lowest BCUT2D eigenvalue weighted by Crippen LogP contribution is -1.86. The van der Waals surface area contributed by atoms with E-state index >= 15 is 0 Å². The molecule has 0 N–H and O–H groups in total. The van der Waals surface area contributed by atoms with Gasteiger partial charge in [0, 0.05) is 0 Å². The van der Waals surface area contributed by atoms with Gasteiger partial charge in [0.1, 0.15) is 11.5 Å². The number of allylic oxidation sites excluding steroid dienone is 2. The third kappa shape index (κ3) is 3.77. The normalized spacial score (nSPS) is 10.7. The van der Waals surface area contributed by atoms with E-state index in [0.717, 1.165) is 24.3 Å². The summed E-state index contributed by atoms with van der Waals surface area (Å²) in [5, 5.41) is 0. The van der Waals surface area contributed by atoms with Crippen LogP contribution in [0.2, 0.25) is 0 Å². The Labute approximate surface area is 109 Å². The Balaban J connectivity index is 1.95. The fourth-order valence-electron chi connectivity index (χ4n) is 1.77. The SMILES string of the molecule is C/C=C\CCc1ccc(Oc2ccccc2)cc1. The Bertz CT molecular complexity index is 483. The molecule has 0 spiro atoms. The summed E-state index contributed by atoms with van der Waals surface area (Å²) in [6, 6.07) is 18.2. The Morgan fingerprint density at radius 3 is 2.22 bits per heavy atom. The average Bonchev–Trinajstić information content (AvgIpc) is 2.42. The second kappa shape index (κ2) is 6.65. The summed E-state index contributed by atoms with van der Waals surface area (Å²) < 4.78 is 5.74. The molecule has 92 valence electrons. The first-order valence-electron chi connectivity index (χ1n) is 6.31. The molecule has 18 heavy (non-hydrogen) atoms. The van der Waals surface area contributed by atoms with E-state index in [1.807, 2.05) is 42.5 Å². The van der Waals surface area contributed by atoms with Crippen molar-refractivity contribution in [2.45, 2.75) is 19.8 Å². The van der Waals surface area contributed by atoms with Crippen LogP contribution in [0.1, 0.15) is 18.9 Å². The summed E-state index contributed by atoms with van der Waals surface area (Å²) in [5.41, 5.74) is 1.34. The highest BCUT2D eigenvalue weighted by molar-refractivity contribution is 5.33. The molecular weight excluding hydrogens is 220 g/mol. The fraction of sp³-hybridized carbons (Fsp3) is 0.176. The number of aryl methyl sites for hydroxylation is 1. The summed E-state index contributed by atoms with van der Waals surface area (Å²) in [6.45, 7) is 2.05. The number of hydrogen-bond acceptors (Lipinski definition) is 1. The molecule has 0 unspecified atom stereocenters. The van der Waals surface area contributed by atoms with Crippen molar-refractivity contribution in [2.75, 3.05) is 0 Å². The quantitative estimate of drug-likeness (QED) is 0.667. The van der Waals surface area contributed by atoms with Gasteiger partial charge in [0.05, 0.1) is 0 Å². The average molecular weight is 238 g/mol. The van der Waals surface area contributed by atoms with E-state index in [-0.39, 0.29) is 0 Å². The molecule has 0 fully saturated rings. The molecule has 2 rings (SSSR count). The van der Waals surface area contributed by atoms with Crippen molar-refractivity contribution in [1.29, 1.82) is 0 Å². The van der Waals surface area contributed by atoms with Gasteiger partial charge < -0.3 is 4.74 Å². The van der Waals surface area contributed by atoms with Crippen LogP contribution >= 0.6 is 0 Å². The molecule has 0 amide bonds. The van der Waals surface area contributed by atoms with Crippen molar-refractivity contribution in [3.8, 4) is 11.5 Å². The van der Waals surface area contributed by atoms with Crippen LogP contribution in [0.5, 0.6) is 11.5 Å². The molecule has 0 aliphatic heterocycles. The Hall–Kier alpha value is -2.02. The van der Waals surface area contributed by atoms with E-state index < -0.39 is 0 Å². The predicted octanol–water partition coefficient (Wildman–Crippen LogP) is 4.99. The van der Waals surface area contributed by atoms with Crippen LogP contribution in [-0.2, 0) is 6.42 Å². The van der Waals surface area contributed by atoms with Crippen LogP contribution in [0.25, 0.3) is 0 Å². The minimum Gasteiger partial charge on any atom is -0.457 e. The van der Waals surface area contributed by atoms with Crippen LogP contribution in [0.3, 0.4) is 0 Å². The number of para-hydroxylation sites is 1. The maximum Gasteiger partial charge on any atom is 0.127 e. The first-order chi connectivity index (χ1) is 8.88. The molecule has 0 saturated heterocycles. The zero-order valence-corrected chi connectivity index (χ0v) is 10.7. The molecule has 0 heterocycles. The second-order valence-electron chi connectivity index (χ2n) is 4.17. The predicted molar refractivity (Wildman–Crippen MR) is 76.1 cm³/mol. The van der Waals surface area contributed by atoms with Crippen molar-refractivity contribution in [1.82, 2.24) is 0 Å². The molecule has 0 radical (unpaired) electrons. The highest BCUT2D eigenvalue weighted by Gasteiger charge is 1.97. The topological polar surface area (TPSA) is 9.23 Å². The maximum absolute atomic E-state index is 5.74. The summed E-state index contributed by atoms with van der Waals surface area (Å²) in [6.07, 6.45) is 6.45.